The van der Waals surface area contributed by atoms with Gasteiger partial charge in [0.25, 0.3) is 0 Å². The molecule has 0 rings (SSSR count). The van der Waals surface area contributed by atoms with Crippen molar-refractivity contribution in [1.82, 2.24) is 0 Å². The molecule has 0 aromatic carbocycles. The molecule has 0 amide bonds. The predicted molar refractivity (Wildman–Crippen MR) is 139 cm³/mol. The van der Waals surface area contributed by atoms with Gasteiger partial charge in [-0.1, -0.05) is 79.9 Å². The lowest BCUT2D eigenvalue weighted by molar-refractivity contribution is 0.280. The third kappa shape index (κ3) is 23.8. The molecule has 0 aliphatic carbocycles. The van der Waals surface area contributed by atoms with Gasteiger partial charge in [0.1, 0.15) is 12.2 Å². The van der Waals surface area contributed by atoms with Crippen LogP contribution >= 0.6 is 0 Å². The molecule has 0 aromatic heterocycles. The Morgan fingerprint density at radius 3 is 1.62 bits per heavy atom. The van der Waals surface area contributed by atoms with Crippen molar-refractivity contribution in [2.45, 2.75) is 102 Å². The lowest BCUT2D eigenvalue weighted by atomic mass is 10.1. The normalized spacial score (nSPS) is 13.4. The van der Waals surface area contributed by atoms with Crippen LogP contribution in [0.15, 0.2) is 48.6 Å². The van der Waals surface area contributed by atoms with E-state index in [1.165, 1.54) is 32.1 Å². The highest BCUT2D eigenvalue weighted by atomic mass is 16.3. The molecule has 0 fully saturated rings. The fourth-order valence-electron chi connectivity index (χ4n) is 2.96. The van der Waals surface area contributed by atoms with Crippen molar-refractivity contribution in [3.63, 3.8) is 0 Å². The fraction of sp³-hybridized carbons (Fsp3) is 0.533. The SMILES string of the molecule is C#CC(O)/C=C/CCCCCCC#CC/C=C\C/C=C\CCCCCC/C=C/[C@H](O)C#C. The van der Waals surface area contributed by atoms with Crippen LogP contribution in [0, 0.1) is 36.5 Å². The molecule has 0 bridgehead atoms. The average molecular weight is 435 g/mol. The van der Waals surface area contributed by atoms with Crippen molar-refractivity contribution in [3.8, 4) is 36.5 Å². The Bertz CT molecular complexity index is 685. The van der Waals surface area contributed by atoms with Crippen molar-refractivity contribution < 1.29 is 10.2 Å². The number of terminal acetylenes is 2. The molecule has 0 saturated heterocycles. The third-order valence-corrected chi connectivity index (χ3v) is 4.84. The molecule has 2 nitrogen and oxygen atoms in total. The van der Waals surface area contributed by atoms with Crippen LogP contribution < -0.4 is 0 Å². The van der Waals surface area contributed by atoms with E-state index in [0.29, 0.717) is 0 Å². The lowest BCUT2D eigenvalue weighted by Gasteiger charge is -1.97. The minimum absolute atomic E-state index is 0.738. The van der Waals surface area contributed by atoms with Gasteiger partial charge in [0.05, 0.1) is 0 Å². The maximum absolute atomic E-state index is 9.19. The second-order valence-electron chi connectivity index (χ2n) is 7.76. The van der Waals surface area contributed by atoms with E-state index in [9.17, 15) is 10.2 Å². The van der Waals surface area contributed by atoms with E-state index < -0.39 is 12.2 Å². The van der Waals surface area contributed by atoms with Crippen LogP contribution in [-0.2, 0) is 0 Å². The molecule has 0 spiro atoms. The van der Waals surface area contributed by atoms with Gasteiger partial charge in [-0.2, -0.15) is 0 Å². The van der Waals surface area contributed by atoms with Crippen LogP contribution in [-0.4, -0.2) is 22.4 Å². The summed E-state index contributed by atoms with van der Waals surface area (Å²) in [5.41, 5.74) is 0. The lowest BCUT2D eigenvalue weighted by Crippen LogP contribution is -1.95. The van der Waals surface area contributed by atoms with Crippen LogP contribution in [0.1, 0.15) is 89.9 Å². The molecule has 0 aliphatic rings. The summed E-state index contributed by atoms with van der Waals surface area (Å²) in [4.78, 5) is 0. The number of hydrogen-bond acceptors (Lipinski definition) is 2. The standard InChI is InChI=1S/C30H42O2/c1-3-29(31)27-25-23-21-19-17-15-13-11-9-7-5-6-8-10-12-14-16-18-20-22-24-26-28-30(32)4-2/h1-2,5-6,9,11,25-32H,7-8,13-24H2/b6-5-,11-9-,27-25+,28-26+/t29-,30?/m1/s1. The molecule has 2 N–H and O–H groups in total. The van der Waals surface area contributed by atoms with Crippen LogP contribution in [0.4, 0.5) is 0 Å². The summed E-state index contributed by atoms with van der Waals surface area (Å²) in [6, 6.07) is 0. The van der Waals surface area contributed by atoms with E-state index in [1.807, 2.05) is 12.2 Å². The Hall–Kier alpha value is -2.44. The van der Waals surface area contributed by atoms with Gasteiger partial charge in [-0.05, 0) is 63.5 Å². The number of unbranched alkanes of at least 4 members (excludes halogenated alkanes) is 10. The molecule has 0 saturated carbocycles. The molecule has 0 heterocycles. The number of rotatable bonds is 18. The summed E-state index contributed by atoms with van der Waals surface area (Å²) >= 11 is 0. The highest BCUT2D eigenvalue weighted by Gasteiger charge is 1.91. The minimum atomic E-state index is -0.743. The summed E-state index contributed by atoms with van der Waals surface area (Å²) in [7, 11) is 0. The van der Waals surface area contributed by atoms with E-state index >= 15 is 0 Å². The molecule has 2 heteroatoms. The maximum atomic E-state index is 9.19. The number of aliphatic hydroxyl groups excluding tert-OH is 2. The molecule has 174 valence electrons. The van der Waals surface area contributed by atoms with E-state index in [4.69, 9.17) is 12.8 Å². The van der Waals surface area contributed by atoms with Crippen molar-refractivity contribution in [2.24, 2.45) is 0 Å². The van der Waals surface area contributed by atoms with E-state index in [2.05, 4.69) is 48.0 Å². The minimum Gasteiger partial charge on any atom is -0.377 e. The molecule has 2 atom stereocenters. The van der Waals surface area contributed by atoms with Gasteiger partial charge in [-0.25, -0.2) is 0 Å². The topological polar surface area (TPSA) is 40.5 Å². The van der Waals surface area contributed by atoms with Gasteiger partial charge in [-0.3, -0.25) is 0 Å². The molecule has 0 aliphatic heterocycles. The molecule has 0 radical (unpaired) electrons. The smallest absolute Gasteiger partial charge is 0.133 e. The second kappa shape index (κ2) is 24.8. The largest absolute Gasteiger partial charge is 0.377 e. The van der Waals surface area contributed by atoms with E-state index in [-0.39, 0.29) is 0 Å². The van der Waals surface area contributed by atoms with Crippen molar-refractivity contribution in [3.05, 3.63) is 48.6 Å². The van der Waals surface area contributed by atoms with Crippen LogP contribution in [0.5, 0.6) is 0 Å². The van der Waals surface area contributed by atoms with Gasteiger partial charge in [0.15, 0.2) is 0 Å². The first-order valence-corrected chi connectivity index (χ1v) is 12.1. The summed E-state index contributed by atoms with van der Waals surface area (Å²) in [6.45, 7) is 0. The summed E-state index contributed by atoms with van der Waals surface area (Å²) in [5, 5.41) is 18.4. The molecule has 1 unspecified atom stereocenters. The van der Waals surface area contributed by atoms with Gasteiger partial charge < -0.3 is 10.2 Å². The van der Waals surface area contributed by atoms with Crippen molar-refractivity contribution in [1.29, 1.82) is 0 Å². The van der Waals surface area contributed by atoms with E-state index in [0.717, 1.165) is 57.8 Å². The van der Waals surface area contributed by atoms with Crippen molar-refractivity contribution >= 4 is 0 Å². The number of hydrogen-bond donors (Lipinski definition) is 2. The quantitative estimate of drug-likeness (QED) is 0.144. The molecular weight excluding hydrogens is 392 g/mol. The first-order chi connectivity index (χ1) is 15.7. The Morgan fingerprint density at radius 1 is 0.562 bits per heavy atom. The fourth-order valence-corrected chi connectivity index (χ4v) is 2.96. The summed E-state index contributed by atoms with van der Waals surface area (Å²) in [5.74, 6) is 11.0. The predicted octanol–water partition coefficient (Wildman–Crippen LogP) is 6.66. The Morgan fingerprint density at radius 2 is 1.06 bits per heavy atom. The van der Waals surface area contributed by atoms with Gasteiger partial charge in [0, 0.05) is 12.8 Å². The van der Waals surface area contributed by atoms with Gasteiger partial charge in [-0.15, -0.1) is 18.8 Å². The van der Waals surface area contributed by atoms with Crippen LogP contribution in [0.25, 0.3) is 0 Å². The van der Waals surface area contributed by atoms with Gasteiger partial charge in [0.2, 0.25) is 0 Å². The zero-order valence-corrected chi connectivity index (χ0v) is 19.7. The number of aliphatic hydroxyl groups is 2. The molecule has 32 heavy (non-hydrogen) atoms. The monoisotopic (exact) mass is 434 g/mol. The maximum Gasteiger partial charge on any atom is 0.133 e. The zero-order chi connectivity index (χ0) is 23.5. The van der Waals surface area contributed by atoms with Crippen molar-refractivity contribution in [2.75, 3.05) is 0 Å². The average Bonchev–Trinajstić information content (AvgIpc) is 2.81. The summed E-state index contributed by atoms with van der Waals surface area (Å²) in [6.07, 6.45) is 40.3. The Balaban J connectivity index is 3.42. The highest BCUT2D eigenvalue weighted by molar-refractivity contribution is 5.07. The first-order valence-electron chi connectivity index (χ1n) is 12.1. The highest BCUT2D eigenvalue weighted by Crippen LogP contribution is 2.07. The molecular formula is C30H42O2. The first kappa shape index (κ1) is 29.6. The third-order valence-electron chi connectivity index (χ3n) is 4.84. The molecule has 0 aromatic rings. The Labute approximate surface area is 197 Å². The summed E-state index contributed by atoms with van der Waals surface area (Å²) < 4.78 is 0. The number of allylic oxidation sites excluding steroid dienone is 6. The van der Waals surface area contributed by atoms with Gasteiger partial charge >= 0.3 is 0 Å². The van der Waals surface area contributed by atoms with Crippen LogP contribution in [0.2, 0.25) is 0 Å². The van der Waals surface area contributed by atoms with E-state index in [1.54, 1.807) is 12.2 Å². The van der Waals surface area contributed by atoms with Crippen LogP contribution in [0.3, 0.4) is 0 Å². The Kier molecular flexibility index (Phi) is 22.9. The second-order valence-corrected chi connectivity index (χ2v) is 7.76. The zero-order valence-electron chi connectivity index (χ0n) is 19.7.